The lowest BCUT2D eigenvalue weighted by atomic mass is 10.0. The molecule has 3 unspecified atom stereocenters. The Morgan fingerprint density at radius 1 is 0.552 bits per heavy atom. The van der Waals surface area contributed by atoms with E-state index in [1.807, 2.05) is 0 Å². The number of phenolic OH excluding ortho intramolecular Hbond substituents is 2. The molecule has 8 N–H and O–H groups in total. The number of aromatic hydroxyl groups is 2. The number of nitrogens with one attached hydrogen (secondary N) is 2. The molecule has 3 aromatic rings. The molecule has 3 rings (SSSR count). The number of aliphatic hydroxyl groups is 3. The number of phenols is 2. The summed E-state index contributed by atoms with van der Waals surface area (Å²) in [6.07, 6.45) is -4.98. The van der Waals surface area contributed by atoms with Crippen LogP contribution in [0.3, 0.4) is 0 Å². The zero-order valence-electron chi connectivity index (χ0n) is 35.4. The second-order valence-electron chi connectivity index (χ2n) is 11.3. The zero-order chi connectivity index (χ0) is 45.2. The van der Waals surface area contributed by atoms with Crippen LogP contribution in [-0.4, -0.2) is 144 Å². The number of benzene rings is 3. The van der Waals surface area contributed by atoms with Crippen molar-refractivity contribution in [3.8, 4) is 11.5 Å². The predicted octanol–water partition coefficient (Wildman–Crippen LogP) is 2.76. The van der Waals surface area contributed by atoms with Crippen molar-refractivity contribution in [2.24, 2.45) is 0 Å². The number of rotatable bonds is 14. The van der Waals surface area contributed by atoms with Gasteiger partial charge in [-0.05, 0) is 23.8 Å². The predicted molar refractivity (Wildman–Crippen MR) is 215 cm³/mol. The molecule has 0 aliphatic heterocycles. The minimum atomic E-state index is -1.14. The Morgan fingerprint density at radius 3 is 1.22 bits per heavy atom. The molecule has 3 aromatic carbocycles. The lowest BCUT2D eigenvalue weighted by Crippen LogP contribution is -2.31. The van der Waals surface area contributed by atoms with Crippen molar-refractivity contribution in [1.82, 2.24) is 10.6 Å². The quantitative estimate of drug-likeness (QED) is 0.109. The highest BCUT2D eigenvalue weighted by atomic mass is 16.7. The first-order valence-corrected chi connectivity index (χ1v) is 17.3. The normalized spacial score (nSPS) is 11.6. The molecular formula is C40H64N2O16. The Morgan fingerprint density at radius 2 is 0.879 bits per heavy atom. The Bertz CT molecular complexity index is 1490. The van der Waals surface area contributed by atoms with E-state index < -0.39 is 43.2 Å². The fraction of sp³-hybridized carbons (Fsp3) is 0.475. The van der Waals surface area contributed by atoms with E-state index in [-0.39, 0.29) is 34.4 Å². The van der Waals surface area contributed by atoms with E-state index in [2.05, 4.69) is 15.4 Å². The van der Waals surface area contributed by atoms with Gasteiger partial charge in [0.15, 0.2) is 18.9 Å². The maximum Gasteiger partial charge on any atom is 0.336 e. The van der Waals surface area contributed by atoms with E-state index in [0.717, 1.165) is 0 Å². The van der Waals surface area contributed by atoms with Gasteiger partial charge >= 0.3 is 5.97 Å². The minimum absolute atomic E-state index is 0.00463. The topological polar surface area (TPSA) is 261 Å². The Balaban J connectivity index is -0.000000679. The van der Waals surface area contributed by atoms with Gasteiger partial charge in [0.2, 0.25) is 11.8 Å². The number of carbonyl (C=O) groups is 3. The summed E-state index contributed by atoms with van der Waals surface area (Å²) >= 11 is 0. The van der Waals surface area contributed by atoms with Gasteiger partial charge in [-0.3, -0.25) is 9.59 Å². The van der Waals surface area contributed by atoms with Gasteiger partial charge in [-0.15, -0.1) is 0 Å². The molecule has 2 amide bonds. The van der Waals surface area contributed by atoms with Crippen molar-refractivity contribution in [1.29, 1.82) is 0 Å². The van der Waals surface area contributed by atoms with Crippen LogP contribution >= 0.6 is 0 Å². The molecule has 0 aliphatic carbocycles. The molecule has 0 heterocycles. The van der Waals surface area contributed by atoms with Crippen LogP contribution in [-0.2, 0) is 49.2 Å². The third-order valence-electron chi connectivity index (χ3n) is 7.11. The van der Waals surface area contributed by atoms with Crippen molar-refractivity contribution < 1.29 is 78.2 Å². The van der Waals surface area contributed by atoms with Crippen LogP contribution in [0.5, 0.6) is 11.5 Å². The van der Waals surface area contributed by atoms with Gasteiger partial charge in [-0.25, -0.2) is 4.79 Å². The number of ether oxygens (including phenoxy) is 7. The third-order valence-corrected chi connectivity index (χ3v) is 7.11. The smallest absolute Gasteiger partial charge is 0.336 e. The monoisotopic (exact) mass is 828 g/mol. The number of hydrogen-bond donors (Lipinski definition) is 8. The fourth-order valence-corrected chi connectivity index (χ4v) is 4.10. The van der Waals surface area contributed by atoms with Gasteiger partial charge in [0.05, 0.1) is 5.56 Å². The fourth-order valence-electron chi connectivity index (χ4n) is 4.10. The van der Waals surface area contributed by atoms with E-state index in [9.17, 15) is 39.9 Å². The standard InChI is InChI=1S/C11H14O5.C11H16O4.C10H14O4.2C3H7NO.C2H6O/c1-15-11(16-2)9(12)7-5-3-4-6-8(7)10(13)14;1-14-11(15-2)10(13)7-8-5-3-4-6-9(8)12;1-13-10(14-2)9(12)7-5-3-4-6-8(7)11;2*1-3(5)4-2;1-3-2/h3-6,9,11-12H,1-2H3,(H,13,14);3-6,10-13H,7H2,1-2H3;3-6,9-12H,1-2H3;2*1-2H3,(H,4,5);1-2H3. The maximum atomic E-state index is 10.9. The molecular weight excluding hydrogens is 764 g/mol. The van der Waals surface area contributed by atoms with Crippen LogP contribution in [0.15, 0.2) is 72.8 Å². The van der Waals surface area contributed by atoms with Crippen LogP contribution in [0, 0.1) is 0 Å². The van der Waals surface area contributed by atoms with Crippen LogP contribution < -0.4 is 10.6 Å². The van der Waals surface area contributed by atoms with E-state index in [1.54, 1.807) is 82.9 Å². The lowest BCUT2D eigenvalue weighted by molar-refractivity contribution is -0.166. The number of carbonyl (C=O) groups excluding carboxylic acids is 2. The van der Waals surface area contributed by atoms with Crippen LogP contribution in [0.2, 0.25) is 0 Å². The molecule has 0 radical (unpaired) electrons. The molecule has 3 atom stereocenters. The largest absolute Gasteiger partial charge is 0.508 e. The first-order valence-electron chi connectivity index (χ1n) is 17.3. The Kier molecular flexibility index (Phi) is 35.2. The first kappa shape index (κ1) is 57.6. The van der Waals surface area contributed by atoms with Crippen molar-refractivity contribution >= 4 is 17.8 Å². The summed E-state index contributed by atoms with van der Waals surface area (Å²) in [7, 11) is 15.0. The number of para-hydroxylation sites is 2. The molecule has 18 heteroatoms. The molecule has 18 nitrogen and oxygen atoms in total. The highest BCUT2D eigenvalue weighted by Crippen LogP contribution is 2.27. The molecule has 0 spiro atoms. The van der Waals surface area contributed by atoms with E-state index >= 15 is 0 Å². The second kappa shape index (κ2) is 35.4. The van der Waals surface area contributed by atoms with Gasteiger partial charge in [0.25, 0.3) is 0 Å². The number of carboxylic acid groups (broad SMARTS) is 1. The molecule has 0 saturated carbocycles. The van der Waals surface area contributed by atoms with Gasteiger partial charge < -0.3 is 74.4 Å². The van der Waals surface area contributed by atoms with Crippen molar-refractivity contribution in [3.63, 3.8) is 0 Å². The summed E-state index contributed by atoms with van der Waals surface area (Å²) in [6, 6.07) is 19.6. The van der Waals surface area contributed by atoms with E-state index in [1.165, 1.54) is 74.7 Å². The lowest BCUT2D eigenvalue weighted by Gasteiger charge is -2.21. The van der Waals surface area contributed by atoms with Crippen LogP contribution in [0.25, 0.3) is 0 Å². The third kappa shape index (κ3) is 24.8. The van der Waals surface area contributed by atoms with E-state index in [0.29, 0.717) is 17.5 Å². The SMILES string of the molecule is CNC(C)=O.CNC(C)=O.COC.COC(OC)C(O)Cc1ccccc1O.COC(OC)C(O)c1ccccc1C(=O)O.COC(OC)C(O)c1ccccc1O. The summed E-state index contributed by atoms with van der Waals surface area (Å²) < 4.78 is 33.6. The maximum absolute atomic E-state index is 10.9. The highest BCUT2D eigenvalue weighted by Gasteiger charge is 2.25. The summed E-state index contributed by atoms with van der Waals surface area (Å²) in [4.78, 5) is 30.3. The highest BCUT2D eigenvalue weighted by molar-refractivity contribution is 5.89. The van der Waals surface area contributed by atoms with Crippen molar-refractivity contribution in [2.75, 3.05) is 71.0 Å². The molecule has 58 heavy (non-hydrogen) atoms. The van der Waals surface area contributed by atoms with Gasteiger partial charge in [-0.2, -0.15) is 0 Å². The molecule has 0 saturated heterocycles. The number of methoxy groups -OCH3 is 7. The number of aliphatic hydroxyl groups excluding tert-OH is 3. The summed E-state index contributed by atoms with van der Waals surface area (Å²) in [6.45, 7) is 2.94. The van der Waals surface area contributed by atoms with Crippen LogP contribution in [0.4, 0.5) is 0 Å². The van der Waals surface area contributed by atoms with Gasteiger partial charge in [0.1, 0.15) is 29.8 Å². The first-order chi connectivity index (χ1) is 27.5. The summed E-state index contributed by atoms with van der Waals surface area (Å²) in [5.41, 5.74) is 1.36. The number of amides is 2. The molecule has 330 valence electrons. The second-order valence-corrected chi connectivity index (χ2v) is 11.3. The summed E-state index contributed by atoms with van der Waals surface area (Å²) in [5, 5.41) is 62.0. The Hall–Kier alpha value is -4.73. The van der Waals surface area contributed by atoms with Crippen LogP contribution in [0.1, 0.15) is 53.1 Å². The average molecular weight is 829 g/mol. The van der Waals surface area contributed by atoms with Gasteiger partial charge in [-0.1, -0.05) is 54.6 Å². The van der Waals surface area contributed by atoms with Crippen molar-refractivity contribution in [2.45, 2.75) is 57.5 Å². The van der Waals surface area contributed by atoms with Crippen molar-refractivity contribution in [3.05, 3.63) is 95.1 Å². The number of carboxylic acids is 1. The number of aromatic carboxylic acids is 1. The molecule has 0 bridgehead atoms. The number of hydrogen-bond acceptors (Lipinski definition) is 15. The summed E-state index contributed by atoms with van der Waals surface area (Å²) in [5.74, 6) is -0.891. The van der Waals surface area contributed by atoms with E-state index in [4.69, 9.17) is 33.5 Å². The zero-order valence-corrected chi connectivity index (χ0v) is 35.4. The van der Waals surface area contributed by atoms with Gasteiger partial charge in [0, 0.05) is 102 Å². The molecule has 0 aliphatic rings. The molecule has 0 fully saturated rings. The average Bonchev–Trinajstić information content (AvgIpc) is 3.21. The molecule has 0 aromatic heterocycles. The minimum Gasteiger partial charge on any atom is -0.508 e. The Labute approximate surface area is 341 Å².